The number of benzene rings is 1. The molecule has 1 heterocycles. The van der Waals surface area contributed by atoms with Crippen molar-refractivity contribution >= 4 is 31.1 Å². The average Bonchev–Trinajstić information content (AvgIpc) is 2.66. The van der Waals surface area contributed by atoms with E-state index >= 15 is 0 Å². The first-order valence-corrected chi connectivity index (χ1v) is 6.06. The highest BCUT2D eigenvalue weighted by molar-refractivity contribution is 6.32. The van der Waals surface area contributed by atoms with Crippen LogP contribution in [-0.4, -0.2) is 24.8 Å². The van der Waals surface area contributed by atoms with E-state index in [1.165, 1.54) is 0 Å². The van der Waals surface area contributed by atoms with Crippen molar-refractivity contribution in [2.45, 2.75) is 6.92 Å². The van der Waals surface area contributed by atoms with Gasteiger partial charge in [-0.05, 0) is 18.1 Å². The molecule has 0 radical (unpaired) electrons. The van der Waals surface area contributed by atoms with Gasteiger partial charge in [0.1, 0.15) is 13.7 Å². The monoisotopic (exact) mass is 270 g/mol. The van der Waals surface area contributed by atoms with E-state index in [-0.39, 0.29) is 11.4 Å². The van der Waals surface area contributed by atoms with Gasteiger partial charge < -0.3 is 16.5 Å². The van der Waals surface area contributed by atoms with E-state index < -0.39 is 11.9 Å². The minimum atomic E-state index is -0.760. The third-order valence-electron chi connectivity index (χ3n) is 3.08. The number of nitrogens with two attached hydrogens (primary N) is 2. The molecule has 2 aromatic rings. The van der Waals surface area contributed by atoms with Crippen molar-refractivity contribution in [3.8, 4) is 11.3 Å². The van der Waals surface area contributed by atoms with Crippen molar-refractivity contribution < 1.29 is 9.59 Å². The molecular weight excluding hydrogens is 255 g/mol. The zero-order valence-corrected chi connectivity index (χ0v) is 11.3. The predicted octanol–water partition coefficient (Wildman–Crippen LogP) is -0.162. The van der Waals surface area contributed by atoms with Crippen LogP contribution in [0, 0.1) is 6.92 Å². The summed E-state index contributed by atoms with van der Waals surface area (Å²) in [6, 6.07) is 7.01. The lowest BCUT2D eigenvalue weighted by atomic mass is 9.94. The number of aromatic nitrogens is 1. The third-order valence-corrected chi connectivity index (χ3v) is 3.08. The Morgan fingerprint density at radius 2 is 1.80 bits per heavy atom. The highest BCUT2D eigenvalue weighted by atomic mass is 16.2. The lowest BCUT2D eigenvalue weighted by Gasteiger charge is -2.01. The van der Waals surface area contributed by atoms with Crippen LogP contribution in [-0.2, 0) is 0 Å². The molecule has 0 aliphatic carbocycles. The highest BCUT2D eigenvalue weighted by Gasteiger charge is 2.20. The van der Waals surface area contributed by atoms with Gasteiger partial charge in [0.2, 0.25) is 0 Å². The van der Waals surface area contributed by atoms with Crippen LogP contribution in [0.15, 0.2) is 24.3 Å². The SMILES string of the molecule is Bc1ccc(-c2[nH]c(NC(N)=O)c(C(N)=O)c2C)cc1. The standard InChI is InChI=1S/C13H15BN4O2/c1-6-9(11(15)19)12(18-13(16)20)17-10(6)7-2-4-8(14)5-3-7/h2-5,17H,14H2,1H3,(H2,15,19)(H3,16,18,20). The number of H-pyrrole nitrogens is 1. The predicted molar refractivity (Wildman–Crippen MR) is 80.9 cm³/mol. The Hall–Kier alpha value is -2.70. The molecule has 6 nitrogen and oxygen atoms in total. The number of aromatic amines is 1. The minimum Gasteiger partial charge on any atom is -0.365 e. The molecule has 1 aromatic heterocycles. The van der Waals surface area contributed by atoms with E-state index in [9.17, 15) is 9.59 Å². The fourth-order valence-electron chi connectivity index (χ4n) is 2.13. The Morgan fingerprint density at radius 1 is 1.20 bits per heavy atom. The molecule has 102 valence electrons. The zero-order chi connectivity index (χ0) is 14.9. The van der Waals surface area contributed by atoms with Crippen molar-refractivity contribution in [2.24, 2.45) is 11.5 Å². The molecule has 0 spiro atoms. The summed E-state index contributed by atoms with van der Waals surface area (Å²) in [5.74, 6) is -0.404. The first-order valence-electron chi connectivity index (χ1n) is 6.06. The molecule has 0 saturated carbocycles. The summed E-state index contributed by atoms with van der Waals surface area (Å²) in [6.07, 6.45) is 0. The maximum atomic E-state index is 11.5. The van der Waals surface area contributed by atoms with E-state index in [0.717, 1.165) is 16.7 Å². The molecule has 6 N–H and O–H groups in total. The molecule has 0 aliphatic rings. The van der Waals surface area contributed by atoms with Gasteiger partial charge in [-0.1, -0.05) is 29.7 Å². The molecule has 0 bridgehead atoms. The number of anilines is 1. The summed E-state index contributed by atoms with van der Waals surface area (Å²) in [5.41, 5.74) is 14.1. The zero-order valence-electron chi connectivity index (χ0n) is 11.3. The second kappa shape index (κ2) is 5.12. The first-order chi connectivity index (χ1) is 9.40. The summed E-state index contributed by atoms with van der Waals surface area (Å²) < 4.78 is 0. The third kappa shape index (κ3) is 2.51. The quantitative estimate of drug-likeness (QED) is 0.580. The highest BCUT2D eigenvalue weighted by Crippen LogP contribution is 2.29. The van der Waals surface area contributed by atoms with Crippen LogP contribution in [0.3, 0.4) is 0 Å². The topological polar surface area (TPSA) is 114 Å². The lowest BCUT2D eigenvalue weighted by Crippen LogP contribution is -2.22. The number of nitrogens with one attached hydrogen (secondary N) is 2. The van der Waals surface area contributed by atoms with E-state index in [4.69, 9.17) is 11.5 Å². The van der Waals surface area contributed by atoms with Crippen LogP contribution in [0.2, 0.25) is 0 Å². The number of amides is 3. The molecule has 0 unspecified atom stereocenters. The molecule has 2 rings (SSSR count). The summed E-state index contributed by atoms with van der Waals surface area (Å²) in [4.78, 5) is 25.5. The van der Waals surface area contributed by atoms with Crippen molar-refractivity contribution in [1.82, 2.24) is 4.98 Å². The largest absolute Gasteiger partial charge is 0.365 e. The van der Waals surface area contributed by atoms with Crippen LogP contribution < -0.4 is 22.2 Å². The Balaban J connectivity index is 2.57. The van der Waals surface area contributed by atoms with Crippen LogP contribution in [0.4, 0.5) is 10.6 Å². The Kier molecular flexibility index (Phi) is 3.52. The molecular formula is C13H15BN4O2. The van der Waals surface area contributed by atoms with Crippen LogP contribution in [0.5, 0.6) is 0 Å². The van der Waals surface area contributed by atoms with E-state index in [1.54, 1.807) is 6.92 Å². The average molecular weight is 270 g/mol. The number of hydrogen-bond acceptors (Lipinski definition) is 2. The number of primary amides is 2. The molecule has 0 atom stereocenters. The van der Waals surface area contributed by atoms with Gasteiger partial charge in [-0.3, -0.25) is 10.1 Å². The van der Waals surface area contributed by atoms with Crippen LogP contribution in [0.25, 0.3) is 11.3 Å². The van der Waals surface area contributed by atoms with Crippen LogP contribution in [0.1, 0.15) is 15.9 Å². The molecule has 0 aliphatic heterocycles. The van der Waals surface area contributed by atoms with Gasteiger partial charge in [-0.15, -0.1) is 0 Å². The number of carbonyl (C=O) groups is 2. The van der Waals surface area contributed by atoms with E-state index in [1.807, 2.05) is 32.1 Å². The first kappa shape index (κ1) is 13.7. The maximum absolute atomic E-state index is 11.5. The number of hydrogen-bond donors (Lipinski definition) is 4. The van der Waals surface area contributed by atoms with E-state index in [0.29, 0.717) is 5.56 Å². The van der Waals surface area contributed by atoms with Gasteiger partial charge in [0, 0.05) is 0 Å². The van der Waals surface area contributed by atoms with Gasteiger partial charge in [-0.25, -0.2) is 4.79 Å². The van der Waals surface area contributed by atoms with Gasteiger partial charge in [0.05, 0.1) is 11.3 Å². The fourth-order valence-corrected chi connectivity index (χ4v) is 2.13. The van der Waals surface area contributed by atoms with E-state index in [2.05, 4.69) is 10.3 Å². The van der Waals surface area contributed by atoms with Crippen LogP contribution >= 0.6 is 0 Å². The molecule has 7 heteroatoms. The molecule has 3 amide bonds. The van der Waals surface area contributed by atoms with Gasteiger partial charge >= 0.3 is 6.03 Å². The summed E-state index contributed by atoms with van der Waals surface area (Å²) in [5, 5.41) is 2.38. The second-order valence-electron chi connectivity index (χ2n) is 4.59. The Bertz CT molecular complexity index is 676. The van der Waals surface area contributed by atoms with Gasteiger partial charge in [-0.2, -0.15) is 0 Å². The summed E-state index contributed by atoms with van der Waals surface area (Å²) >= 11 is 0. The normalized spacial score (nSPS) is 10.2. The maximum Gasteiger partial charge on any atom is 0.317 e. The van der Waals surface area contributed by atoms with Crippen molar-refractivity contribution in [2.75, 3.05) is 5.32 Å². The van der Waals surface area contributed by atoms with Crippen molar-refractivity contribution in [3.63, 3.8) is 0 Å². The molecule has 0 saturated heterocycles. The Morgan fingerprint density at radius 3 is 2.30 bits per heavy atom. The minimum absolute atomic E-state index is 0.220. The molecule has 1 aromatic carbocycles. The smallest absolute Gasteiger partial charge is 0.317 e. The number of rotatable bonds is 3. The molecule has 20 heavy (non-hydrogen) atoms. The molecule has 0 fully saturated rings. The summed E-state index contributed by atoms with van der Waals surface area (Å²) in [6.45, 7) is 1.76. The second-order valence-corrected chi connectivity index (χ2v) is 4.59. The summed E-state index contributed by atoms with van der Waals surface area (Å²) in [7, 11) is 1.99. The Labute approximate surface area is 116 Å². The fraction of sp³-hybridized carbons (Fsp3) is 0.0769. The van der Waals surface area contributed by atoms with Crippen molar-refractivity contribution in [3.05, 3.63) is 35.4 Å². The number of carbonyl (C=O) groups excluding carboxylic acids is 2. The lowest BCUT2D eigenvalue weighted by molar-refractivity contribution is 0.100. The number of urea groups is 1. The van der Waals surface area contributed by atoms with Gasteiger partial charge in [0.15, 0.2) is 0 Å². The van der Waals surface area contributed by atoms with Crippen molar-refractivity contribution in [1.29, 1.82) is 0 Å². The van der Waals surface area contributed by atoms with Gasteiger partial charge in [0.25, 0.3) is 5.91 Å².